The summed E-state index contributed by atoms with van der Waals surface area (Å²) in [4.78, 5) is 35.5. The molecule has 2 N–H and O–H groups in total. The van der Waals surface area contributed by atoms with E-state index in [4.69, 9.17) is 14.2 Å². The minimum Gasteiger partial charge on any atom is -0.497 e. The highest BCUT2D eigenvalue weighted by Gasteiger charge is 2.14. The second-order valence-electron chi connectivity index (χ2n) is 8.45. The maximum Gasteiger partial charge on any atom is 0.270 e. The molecule has 10 nitrogen and oxygen atoms in total. The van der Waals surface area contributed by atoms with Gasteiger partial charge in [0.2, 0.25) is 0 Å². The van der Waals surface area contributed by atoms with Gasteiger partial charge in [0, 0.05) is 38.8 Å². The van der Waals surface area contributed by atoms with Crippen molar-refractivity contribution in [3.05, 3.63) is 83.4 Å². The van der Waals surface area contributed by atoms with Gasteiger partial charge in [-0.05, 0) is 35.4 Å². The van der Waals surface area contributed by atoms with E-state index in [2.05, 4.69) is 25.5 Å². The number of aromatic nitrogens is 2. The Hall–Kier alpha value is -4.02. The minimum atomic E-state index is -0.400. The minimum absolute atomic E-state index is 0.113. The van der Waals surface area contributed by atoms with Crippen LogP contribution in [-0.4, -0.2) is 73.2 Å². The van der Waals surface area contributed by atoms with E-state index in [1.54, 1.807) is 7.11 Å². The Balaban J connectivity index is 1.23. The van der Waals surface area contributed by atoms with Gasteiger partial charge < -0.3 is 24.8 Å². The lowest BCUT2D eigenvalue weighted by Gasteiger charge is -2.26. The number of rotatable bonds is 11. The Bertz CT molecular complexity index is 1180. The van der Waals surface area contributed by atoms with Gasteiger partial charge >= 0.3 is 0 Å². The van der Waals surface area contributed by atoms with E-state index < -0.39 is 11.8 Å². The number of methoxy groups -OCH3 is 1. The van der Waals surface area contributed by atoms with Crippen molar-refractivity contribution in [2.24, 2.45) is 0 Å². The van der Waals surface area contributed by atoms with Crippen molar-refractivity contribution in [1.82, 2.24) is 25.5 Å². The summed E-state index contributed by atoms with van der Waals surface area (Å²) in [6.07, 6.45) is 1.21. The maximum absolute atomic E-state index is 12.6. The molecule has 1 aliphatic rings. The Kier molecular flexibility index (Phi) is 9.39. The molecule has 0 radical (unpaired) electrons. The van der Waals surface area contributed by atoms with Crippen LogP contribution < -0.4 is 20.1 Å². The molecule has 1 fully saturated rings. The lowest BCUT2D eigenvalue weighted by Crippen LogP contribution is -2.38. The number of nitrogens with one attached hydrogen (secondary N) is 2. The van der Waals surface area contributed by atoms with E-state index >= 15 is 0 Å². The van der Waals surface area contributed by atoms with E-state index in [1.807, 2.05) is 48.5 Å². The van der Waals surface area contributed by atoms with E-state index in [0.717, 1.165) is 49.7 Å². The van der Waals surface area contributed by atoms with Gasteiger partial charge in [0.15, 0.2) is 0 Å². The molecule has 0 saturated carbocycles. The topological polar surface area (TPSA) is 115 Å². The second-order valence-corrected chi connectivity index (χ2v) is 8.45. The molecule has 2 heterocycles. The first-order chi connectivity index (χ1) is 18.1. The van der Waals surface area contributed by atoms with Crippen molar-refractivity contribution in [2.45, 2.75) is 13.1 Å². The second kappa shape index (κ2) is 13.3. The van der Waals surface area contributed by atoms with Crippen LogP contribution in [0.2, 0.25) is 0 Å². The first kappa shape index (κ1) is 26.1. The fourth-order valence-corrected chi connectivity index (χ4v) is 3.75. The Morgan fingerprint density at radius 3 is 2.24 bits per heavy atom. The van der Waals surface area contributed by atoms with Crippen molar-refractivity contribution in [3.8, 4) is 11.5 Å². The smallest absolute Gasteiger partial charge is 0.270 e. The molecule has 2 aromatic carbocycles. The molecule has 0 bridgehead atoms. The van der Waals surface area contributed by atoms with Crippen LogP contribution in [0.15, 0.2) is 60.9 Å². The predicted octanol–water partition coefficient (Wildman–Crippen LogP) is 2.06. The first-order valence-electron chi connectivity index (χ1n) is 12.1. The van der Waals surface area contributed by atoms with E-state index in [9.17, 15) is 9.59 Å². The van der Waals surface area contributed by atoms with Crippen LogP contribution in [0.4, 0.5) is 0 Å². The lowest BCUT2D eigenvalue weighted by molar-refractivity contribution is 0.0322. The average Bonchev–Trinajstić information content (AvgIpc) is 2.96. The molecule has 1 aromatic heterocycles. The van der Waals surface area contributed by atoms with Gasteiger partial charge in [-0.25, -0.2) is 9.97 Å². The largest absolute Gasteiger partial charge is 0.497 e. The van der Waals surface area contributed by atoms with Crippen LogP contribution in [0.3, 0.4) is 0 Å². The number of benzene rings is 2. The van der Waals surface area contributed by atoms with Gasteiger partial charge in [-0.1, -0.05) is 24.3 Å². The summed E-state index contributed by atoms with van der Waals surface area (Å²) >= 11 is 0. The van der Waals surface area contributed by atoms with Crippen LogP contribution in [0.1, 0.15) is 32.1 Å². The zero-order chi connectivity index (χ0) is 25.9. The van der Waals surface area contributed by atoms with Gasteiger partial charge in [0.1, 0.15) is 35.8 Å². The van der Waals surface area contributed by atoms with Crippen molar-refractivity contribution in [2.75, 3.05) is 46.6 Å². The summed E-state index contributed by atoms with van der Waals surface area (Å²) in [5.74, 6) is 0.695. The highest BCUT2D eigenvalue weighted by Crippen LogP contribution is 2.13. The van der Waals surface area contributed by atoms with Crippen molar-refractivity contribution < 1.29 is 23.8 Å². The zero-order valence-electron chi connectivity index (χ0n) is 20.8. The van der Waals surface area contributed by atoms with Gasteiger partial charge in [-0.3, -0.25) is 14.5 Å². The number of amides is 2. The SMILES string of the molecule is COc1cccc(CNC(=O)c2cc(C(=O)NCc3ccc(OCCN4CCOCC4)cc3)ncn2)c1. The summed E-state index contributed by atoms with van der Waals surface area (Å²) in [5, 5.41) is 5.62. The molecular weight excluding hydrogens is 474 g/mol. The average molecular weight is 506 g/mol. The fraction of sp³-hybridized carbons (Fsp3) is 0.333. The first-order valence-corrected chi connectivity index (χ1v) is 12.1. The molecule has 0 aliphatic carbocycles. The van der Waals surface area contributed by atoms with Crippen LogP contribution in [0, 0.1) is 0 Å². The summed E-state index contributed by atoms with van der Waals surface area (Å²) < 4.78 is 16.4. The normalized spacial score (nSPS) is 13.5. The van der Waals surface area contributed by atoms with Gasteiger partial charge in [0.25, 0.3) is 11.8 Å². The molecule has 0 atom stereocenters. The molecule has 0 unspecified atom stereocenters. The molecule has 194 valence electrons. The molecule has 37 heavy (non-hydrogen) atoms. The zero-order valence-corrected chi connectivity index (χ0v) is 20.8. The van der Waals surface area contributed by atoms with Gasteiger partial charge in [-0.15, -0.1) is 0 Å². The van der Waals surface area contributed by atoms with Crippen LogP contribution in [0.5, 0.6) is 11.5 Å². The van der Waals surface area contributed by atoms with Gasteiger partial charge in [-0.2, -0.15) is 0 Å². The number of hydrogen-bond acceptors (Lipinski definition) is 8. The van der Waals surface area contributed by atoms with E-state index in [-0.39, 0.29) is 11.4 Å². The monoisotopic (exact) mass is 505 g/mol. The fourth-order valence-electron chi connectivity index (χ4n) is 3.75. The molecule has 4 rings (SSSR count). The quantitative estimate of drug-likeness (QED) is 0.407. The lowest BCUT2D eigenvalue weighted by atomic mass is 10.2. The van der Waals surface area contributed by atoms with E-state index in [1.165, 1.54) is 12.4 Å². The number of hydrogen-bond donors (Lipinski definition) is 2. The Morgan fingerprint density at radius 1 is 0.892 bits per heavy atom. The number of ether oxygens (including phenoxy) is 3. The van der Waals surface area contributed by atoms with Crippen LogP contribution >= 0.6 is 0 Å². The van der Waals surface area contributed by atoms with Crippen molar-refractivity contribution >= 4 is 11.8 Å². The molecule has 10 heteroatoms. The molecule has 0 spiro atoms. The van der Waals surface area contributed by atoms with Crippen molar-refractivity contribution in [1.29, 1.82) is 0 Å². The number of carbonyl (C=O) groups is 2. The summed E-state index contributed by atoms with van der Waals surface area (Å²) in [6.45, 7) is 5.50. The van der Waals surface area contributed by atoms with Crippen LogP contribution in [-0.2, 0) is 17.8 Å². The predicted molar refractivity (Wildman–Crippen MR) is 137 cm³/mol. The third kappa shape index (κ3) is 7.99. The van der Waals surface area contributed by atoms with Crippen LogP contribution in [0.25, 0.3) is 0 Å². The maximum atomic E-state index is 12.6. The number of morpholine rings is 1. The van der Waals surface area contributed by atoms with Crippen molar-refractivity contribution in [3.63, 3.8) is 0 Å². The highest BCUT2D eigenvalue weighted by molar-refractivity contribution is 5.97. The summed E-state index contributed by atoms with van der Waals surface area (Å²) in [7, 11) is 1.59. The molecule has 3 aromatic rings. The molecule has 1 saturated heterocycles. The van der Waals surface area contributed by atoms with Gasteiger partial charge in [0.05, 0.1) is 20.3 Å². The Morgan fingerprint density at radius 2 is 1.57 bits per heavy atom. The Labute approximate surface area is 216 Å². The molecule has 2 amide bonds. The number of carbonyl (C=O) groups excluding carboxylic acids is 2. The third-order valence-electron chi connectivity index (χ3n) is 5.88. The molecular formula is C27H31N5O5. The highest BCUT2D eigenvalue weighted by atomic mass is 16.5. The van der Waals surface area contributed by atoms with E-state index in [0.29, 0.717) is 25.4 Å². The summed E-state index contributed by atoms with van der Waals surface area (Å²) in [6, 6.07) is 16.4. The third-order valence-corrected chi connectivity index (χ3v) is 5.88. The number of nitrogens with zero attached hydrogens (tertiary/aromatic N) is 3. The molecule has 1 aliphatic heterocycles. The standard InChI is InChI=1S/C27H31N5O5/c1-35-23-4-2-3-21(15-23)18-29-27(34)25-16-24(30-19-31-25)26(33)28-17-20-5-7-22(8-6-20)37-14-11-32-9-12-36-13-10-32/h2-8,15-16,19H,9-14,17-18H2,1H3,(H,28,33)(H,29,34). The summed E-state index contributed by atoms with van der Waals surface area (Å²) in [5.41, 5.74) is 2.03.